The van der Waals surface area contributed by atoms with Crippen molar-refractivity contribution in [1.82, 2.24) is 0 Å². The zero-order valence-corrected chi connectivity index (χ0v) is 11.4. The van der Waals surface area contributed by atoms with Gasteiger partial charge in [-0.3, -0.25) is 0 Å². The maximum Gasteiger partial charge on any atom is 0.335 e. The smallest absolute Gasteiger partial charge is 0.335 e. The summed E-state index contributed by atoms with van der Waals surface area (Å²) in [5.74, 6) is 2.42. The van der Waals surface area contributed by atoms with E-state index in [0.717, 1.165) is 23.7 Å². The Morgan fingerprint density at radius 3 is 2.78 bits per heavy atom. The fourth-order valence-electron chi connectivity index (χ4n) is 2.20. The summed E-state index contributed by atoms with van der Waals surface area (Å²) in [5.41, 5.74) is 2.41. The number of carbonyl (C=O) groups is 1. The number of rotatable bonds is 4. The van der Waals surface area contributed by atoms with Gasteiger partial charge in [-0.05, 0) is 61.0 Å². The first-order valence-electron chi connectivity index (χ1n) is 6.32. The van der Waals surface area contributed by atoms with Gasteiger partial charge >= 0.3 is 5.97 Å². The molecule has 1 aromatic rings. The highest BCUT2D eigenvalue weighted by Gasteiger charge is 2.13. The van der Waals surface area contributed by atoms with Crippen molar-refractivity contribution in [2.75, 3.05) is 23.4 Å². The Bertz CT molecular complexity index is 428. The number of aryl methyl sites for hydroxylation is 1. The van der Waals surface area contributed by atoms with Gasteiger partial charge in [-0.1, -0.05) is 0 Å². The second-order valence-electron chi connectivity index (χ2n) is 4.77. The molecule has 0 saturated carbocycles. The van der Waals surface area contributed by atoms with E-state index in [4.69, 9.17) is 5.11 Å². The van der Waals surface area contributed by atoms with Crippen molar-refractivity contribution in [3.8, 4) is 0 Å². The molecule has 3 nitrogen and oxygen atoms in total. The summed E-state index contributed by atoms with van der Waals surface area (Å²) < 4.78 is 0. The highest BCUT2D eigenvalue weighted by Crippen LogP contribution is 2.24. The van der Waals surface area contributed by atoms with Crippen LogP contribution in [0.15, 0.2) is 18.2 Å². The van der Waals surface area contributed by atoms with E-state index in [0.29, 0.717) is 5.56 Å². The Morgan fingerprint density at radius 2 is 2.17 bits per heavy atom. The molecule has 1 aliphatic rings. The van der Waals surface area contributed by atoms with E-state index >= 15 is 0 Å². The first kappa shape index (κ1) is 13.3. The first-order chi connectivity index (χ1) is 8.66. The molecular weight excluding hydrogens is 246 g/mol. The van der Waals surface area contributed by atoms with Crippen molar-refractivity contribution in [2.24, 2.45) is 5.92 Å². The highest BCUT2D eigenvalue weighted by molar-refractivity contribution is 7.99. The van der Waals surface area contributed by atoms with Crippen LogP contribution < -0.4 is 5.32 Å². The van der Waals surface area contributed by atoms with Gasteiger partial charge < -0.3 is 10.4 Å². The van der Waals surface area contributed by atoms with Crippen molar-refractivity contribution in [2.45, 2.75) is 19.8 Å². The third-order valence-electron chi connectivity index (χ3n) is 3.40. The van der Waals surface area contributed by atoms with Crippen LogP contribution in [0, 0.1) is 12.8 Å². The Labute approximate surface area is 112 Å². The maximum absolute atomic E-state index is 10.8. The molecule has 1 saturated heterocycles. The minimum Gasteiger partial charge on any atom is -0.478 e. The lowest BCUT2D eigenvalue weighted by Crippen LogP contribution is -2.19. The minimum absolute atomic E-state index is 0.354. The van der Waals surface area contributed by atoms with Gasteiger partial charge in [0.2, 0.25) is 0 Å². The average molecular weight is 265 g/mol. The largest absolute Gasteiger partial charge is 0.478 e. The van der Waals surface area contributed by atoms with E-state index in [1.807, 2.05) is 24.8 Å². The molecule has 0 aliphatic carbocycles. The molecule has 0 unspecified atom stereocenters. The first-order valence-corrected chi connectivity index (χ1v) is 7.48. The molecule has 98 valence electrons. The summed E-state index contributed by atoms with van der Waals surface area (Å²) in [4.78, 5) is 10.8. The van der Waals surface area contributed by atoms with Gasteiger partial charge in [-0.25, -0.2) is 4.79 Å². The Balaban J connectivity index is 1.94. The molecule has 0 spiro atoms. The van der Waals surface area contributed by atoms with Gasteiger partial charge in [0.25, 0.3) is 0 Å². The highest BCUT2D eigenvalue weighted by atomic mass is 32.2. The van der Waals surface area contributed by atoms with Crippen LogP contribution in [-0.4, -0.2) is 29.1 Å². The molecule has 0 amide bonds. The minimum atomic E-state index is -0.867. The van der Waals surface area contributed by atoms with Gasteiger partial charge in [0.05, 0.1) is 5.56 Å². The van der Waals surface area contributed by atoms with Crippen LogP contribution in [0.25, 0.3) is 0 Å². The summed E-state index contributed by atoms with van der Waals surface area (Å²) >= 11 is 2.04. The molecule has 1 aliphatic heterocycles. The fourth-order valence-corrected chi connectivity index (χ4v) is 3.40. The summed E-state index contributed by atoms with van der Waals surface area (Å²) in [6.45, 7) is 2.94. The average Bonchev–Trinajstić information content (AvgIpc) is 2.38. The van der Waals surface area contributed by atoms with Crippen molar-refractivity contribution < 1.29 is 9.90 Å². The Hall–Kier alpha value is -1.16. The molecular formula is C14H19NO2S. The van der Waals surface area contributed by atoms with E-state index in [-0.39, 0.29) is 0 Å². The van der Waals surface area contributed by atoms with Gasteiger partial charge in [-0.15, -0.1) is 0 Å². The Morgan fingerprint density at radius 1 is 1.44 bits per heavy atom. The quantitative estimate of drug-likeness (QED) is 0.877. The van der Waals surface area contributed by atoms with Crippen molar-refractivity contribution >= 4 is 23.4 Å². The topological polar surface area (TPSA) is 49.3 Å². The van der Waals surface area contributed by atoms with Crippen LogP contribution in [0.1, 0.15) is 28.8 Å². The third-order valence-corrected chi connectivity index (χ3v) is 4.44. The zero-order chi connectivity index (χ0) is 13.0. The summed E-state index contributed by atoms with van der Waals surface area (Å²) in [7, 11) is 0. The van der Waals surface area contributed by atoms with Crippen LogP contribution >= 0.6 is 11.8 Å². The molecule has 0 bridgehead atoms. The van der Waals surface area contributed by atoms with Crippen LogP contribution in [0.2, 0.25) is 0 Å². The van der Waals surface area contributed by atoms with E-state index in [1.165, 1.54) is 24.3 Å². The summed E-state index contributed by atoms with van der Waals surface area (Å²) in [5, 5.41) is 12.4. The van der Waals surface area contributed by atoms with Gasteiger partial charge in [0, 0.05) is 12.2 Å². The number of anilines is 1. The molecule has 1 heterocycles. The van der Waals surface area contributed by atoms with Crippen molar-refractivity contribution in [1.29, 1.82) is 0 Å². The standard InChI is InChI=1S/C14H19NO2S/c1-10-8-12(14(16)17)2-3-13(10)15-9-11-4-6-18-7-5-11/h2-3,8,11,15H,4-7,9H2,1H3,(H,16,17). The molecule has 1 aromatic carbocycles. The lowest BCUT2D eigenvalue weighted by Gasteiger charge is -2.22. The fraction of sp³-hybridized carbons (Fsp3) is 0.500. The lowest BCUT2D eigenvalue weighted by molar-refractivity contribution is 0.0697. The van der Waals surface area contributed by atoms with E-state index in [9.17, 15) is 4.79 Å². The molecule has 2 rings (SSSR count). The number of nitrogens with one attached hydrogen (secondary N) is 1. The molecule has 0 atom stereocenters. The van der Waals surface area contributed by atoms with Crippen molar-refractivity contribution in [3.05, 3.63) is 29.3 Å². The van der Waals surface area contributed by atoms with E-state index in [1.54, 1.807) is 12.1 Å². The second kappa shape index (κ2) is 6.14. The molecule has 2 N–H and O–H groups in total. The number of carboxylic acid groups (broad SMARTS) is 1. The van der Waals surface area contributed by atoms with Crippen LogP contribution in [0.3, 0.4) is 0 Å². The number of benzene rings is 1. The normalized spacial score (nSPS) is 16.5. The number of hydrogen-bond acceptors (Lipinski definition) is 3. The monoisotopic (exact) mass is 265 g/mol. The second-order valence-corrected chi connectivity index (χ2v) is 6.00. The number of thioether (sulfide) groups is 1. The van der Waals surface area contributed by atoms with Crippen LogP contribution in [-0.2, 0) is 0 Å². The van der Waals surface area contributed by atoms with Crippen LogP contribution in [0.5, 0.6) is 0 Å². The molecule has 0 aromatic heterocycles. The van der Waals surface area contributed by atoms with E-state index < -0.39 is 5.97 Å². The Kier molecular flexibility index (Phi) is 4.53. The molecule has 0 radical (unpaired) electrons. The van der Waals surface area contributed by atoms with E-state index in [2.05, 4.69) is 5.32 Å². The molecule has 18 heavy (non-hydrogen) atoms. The zero-order valence-electron chi connectivity index (χ0n) is 10.6. The summed E-state index contributed by atoms with van der Waals surface area (Å²) in [6.07, 6.45) is 2.56. The van der Waals surface area contributed by atoms with Crippen LogP contribution in [0.4, 0.5) is 5.69 Å². The van der Waals surface area contributed by atoms with Gasteiger partial charge in [0.15, 0.2) is 0 Å². The third kappa shape index (κ3) is 3.42. The predicted molar refractivity (Wildman–Crippen MR) is 76.7 cm³/mol. The lowest BCUT2D eigenvalue weighted by atomic mass is 10.0. The number of hydrogen-bond donors (Lipinski definition) is 2. The number of aromatic carboxylic acids is 1. The van der Waals surface area contributed by atoms with Crippen molar-refractivity contribution in [3.63, 3.8) is 0 Å². The SMILES string of the molecule is Cc1cc(C(=O)O)ccc1NCC1CCSCC1. The molecule has 1 fully saturated rings. The maximum atomic E-state index is 10.8. The summed E-state index contributed by atoms with van der Waals surface area (Å²) in [6, 6.07) is 5.26. The van der Waals surface area contributed by atoms with Gasteiger partial charge in [-0.2, -0.15) is 11.8 Å². The van der Waals surface area contributed by atoms with Gasteiger partial charge in [0.1, 0.15) is 0 Å². The predicted octanol–water partition coefficient (Wildman–Crippen LogP) is 3.25. The number of carboxylic acids is 1. The molecule has 4 heteroatoms.